The van der Waals surface area contributed by atoms with E-state index < -0.39 is 10.9 Å². The van der Waals surface area contributed by atoms with Gasteiger partial charge in [0.15, 0.2) is 0 Å². The van der Waals surface area contributed by atoms with E-state index in [-0.39, 0.29) is 11.4 Å². The van der Waals surface area contributed by atoms with Crippen LogP contribution in [0.4, 0.5) is 5.69 Å². The van der Waals surface area contributed by atoms with Crippen molar-refractivity contribution in [3.05, 3.63) is 68.7 Å². The Bertz CT molecular complexity index is 787. The van der Waals surface area contributed by atoms with Gasteiger partial charge in [-0.15, -0.1) is 0 Å². The Balaban J connectivity index is 2.06. The predicted molar refractivity (Wildman–Crippen MR) is 97.7 cm³/mol. The van der Waals surface area contributed by atoms with E-state index >= 15 is 0 Å². The van der Waals surface area contributed by atoms with E-state index in [9.17, 15) is 14.9 Å². The highest BCUT2D eigenvalue weighted by atomic mass is 79.9. The van der Waals surface area contributed by atoms with Crippen molar-refractivity contribution in [3.8, 4) is 11.5 Å². The van der Waals surface area contributed by atoms with Gasteiger partial charge in [0, 0.05) is 28.2 Å². The van der Waals surface area contributed by atoms with Gasteiger partial charge in [0.25, 0.3) is 5.69 Å². The Kier molecular flexibility index (Phi) is 6.71. The van der Waals surface area contributed by atoms with E-state index in [1.54, 1.807) is 6.08 Å². The molecule has 130 valence electrons. The molecule has 0 atom stereocenters. The molecule has 0 fully saturated rings. The van der Waals surface area contributed by atoms with Gasteiger partial charge >= 0.3 is 5.97 Å². The van der Waals surface area contributed by atoms with Crippen LogP contribution in [0.2, 0.25) is 0 Å². The van der Waals surface area contributed by atoms with Crippen LogP contribution in [0, 0.1) is 10.1 Å². The third kappa shape index (κ3) is 5.72. The number of nitrogens with zero attached hydrogens (tertiary/aromatic N) is 1. The number of non-ortho nitro benzene ring substituents is 1. The molecule has 0 unspecified atom stereocenters. The number of nitro groups is 1. The fraction of sp³-hybridized carbons (Fsp3) is 0.167. The summed E-state index contributed by atoms with van der Waals surface area (Å²) in [6.07, 6.45) is 3.76. The van der Waals surface area contributed by atoms with E-state index in [1.165, 1.54) is 30.3 Å². The first-order chi connectivity index (χ1) is 12.0. The van der Waals surface area contributed by atoms with Crippen LogP contribution in [0.1, 0.15) is 18.9 Å². The van der Waals surface area contributed by atoms with Gasteiger partial charge in [-0.2, -0.15) is 0 Å². The molecule has 2 rings (SSSR count). The maximum Gasteiger partial charge on any atom is 0.336 e. The van der Waals surface area contributed by atoms with Crippen LogP contribution >= 0.6 is 15.9 Å². The standard InChI is InChI=1S/C18H16BrNO5/c1-2-11-24-17-9-4-14(19)12-13(17)3-10-18(21)25-16-7-5-15(6-8-16)20(22)23/h3-10,12H,2,11H2,1H3/b10-3+. The molecule has 0 saturated heterocycles. The molecule has 0 heterocycles. The lowest BCUT2D eigenvalue weighted by atomic mass is 10.2. The number of halogens is 1. The highest BCUT2D eigenvalue weighted by molar-refractivity contribution is 9.10. The van der Waals surface area contributed by atoms with Crippen molar-refractivity contribution in [1.82, 2.24) is 0 Å². The van der Waals surface area contributed by atoms with Gasteiger partial charge in [-0.1, -0.05) is 22.9 Å². The molecule has 0 saturated carbocycles. The molecule has 0 N–H and O–H groups in total. The Morgan fingerprint density at radius 1 is 1.24 bits per heavy atom. The summed E-state index contributed by atoms with van der Waals surface area (Å²) in [7, 11) is 0. The van der Waals surface area contributed by atoms with Crippen LogP contribution in [0.3, 0.4) is 0 Å². The third-order valence-electron chi connectivity index (χ3n) is 3.10. The molecule has 0 bridgehead atoms. The van der Waals surface area contributed by atoms with Crippen molar-refractivity contribution in [1.29, 1.82) is 0 Å². The molecular weight excluding hydrogens is 390 g/mol. The average Bonchev–Trinajstić information content (AvgIpc) is 2.59. The van der Waals surface area contributed by atoms with Crippen LogP contribution < -0.4 is 9.47 Å². The second-order valence-corrected chi connectivity index (χ2v) is 5.95. The maximum atomic E-state index is 11.9. The Morgan fingerprint density at radius 3 is 2.60 bits per heavy atom. The van der Waals surface area contributed by atoms with E-state index in [0.29, 0.717) is 12.4 Å². The quantitative estimate of drug-likeness (QED) is 0.218. The lowest BCUT2D eigenvalue weighted by molar-refractivity contribution is -0.384. The first-order valence-corrected chi connectivity index (χ1v) is 8.35. The largest absolute Gasteiger partial charge is 0.493 e. The summed E-state index contributed by atoms with van der Waals surface area (Å²) in [6.45, 7) is 2.59. The van der Waals surface area contributed by atoms with E-state index in [1.807, 2.05) is 25.1 Å². The highest BCUT2D eigenvalue weighted by Gasteiger charge is 2.07. The fourth-order valence-corrected chi connectivity index (χ4v) is 2.32. The second kappa shape index (κ2) is 8.98. The van der Waals surface area contributed by atoms with Crippen molar-refractivity contribution < 1.29 is 19.2 Å². The molecule has 0 aliphatic rings. The number of hydrogen-bond acceptors (Lipinski definition) is 5. The molecule has 0 radical (unpaired) electrons. The number of nitro benzene ring substituents is 1. The number of hydrogen-bond donors (Lipinski definition) is 0. The minimum Gasteiger partial charge on any atom is -0.493 e. The number of ether oxygens (including phenoxy) is 2. The zero-order chi connectivity index (χ0) is 18.2. The van der Waals surface area contributed by atoms with Crippen LogP contribution in [0.15, 0.2) is 53.0 Å². The zero-order valence-electron chi connectivity index (χ0n) is 13.5. The average molecular weight is 406 g/mol. The third-order valence-corrected chi connectivity index (χ3v) is 3.59. The molecule has 7 heteroatoms. The topological polar surface area (TPSA) is 78.7 Å². The lowest BCUT2D eigenvalue weighted by Gasteiger charge is -2.08. The fourth-order valence-electron chi connectivity index (χ4n) is 1.94. The van der Waals surface area contributed by atoms with E-state index in [2.05, 4.69) is 15.9 Å². The van der Waals surface area contributed by atoms with Crippen molar-refractivity contribution in [2.75, 3.05) is 6.61 Å². The Hall–Kier alpha value is -2.67. The Morgan fingerprint density at radius 2 is 1.96 bits per heavy atom. The molecule has 25 heavy (non-hydrogen) atoms. The summed E-state index contributed by atoms with van der Waals surface area (Å²) in [4.78, 5) is 22.0. The van der Waals surface area contributed by atoms with E-state index in [4.69, 9.17) is 9.47 Å². The number of rotatable bonds is 7. The number of carbonyl (C=O) groups is 1. The van der Waals surface area contributed by atoms with Gasteiger partial charge in [0.05, 0.1) is 11.5 Å². The van der Waals surface area contributed by atoms with Crippen LogP contribution in [-0.4, -0.2) is 17.5 Å². The SMILES string of the molecule is CCCOc1ccc(Br)cc1/C=C/C(=O)Oc1ccc([N+](=O)[O-])cc1. The van der Waals surface area contributed by atoms with Gasteiger partial charge in [0.1, 0.15) is 11.5 Å². The van der Waals surface area contributed by atoms with Crippen molar-refractivity contribution in [2.24, 2.45) is 0 Å². The summed E-state index contributed by atoms with van der Waals surface area (Å²) in [5, 5.41) is 10.6. The maximum absolute atomic E-state index is 11.9. The molecule has 0 spiro atoms. The monoisotopic (exact) mass is 405 g/mol. The summed E-state index contributed by atoms with van der Waals surface area (Å²) in [5.74, 6) is 0.316. The summed E-state index contributed by atoms with van der Waals surface area (Å²) in [5.41, 5.74) is 0.672. The van der Waals surface area contributed by atoms with Crippen LogP contribution in [-0.2, 0) is 4.79 Å². The normalized spacial score (nSPS) is 10.6. The van der Waals surface area contributed by atoms with Crippen molar-refractivity contribution >= 4 is 33.7 Å². The molecule has 0 amide bonds. The minimum atomic E-state index is -0.588. The van der Waals surface area contributed by atoms with Crippen molar-refractivity contribution in [3.63, 3.8) is 0 Å². The molecule has 2 aromatic rings. The first-order valence-electron chi connectivity index (χ1n) is 7.56. The molecule has 0 aromatic heterocycles. The zero-order valence-corrected chi connectivity index (χ0v) is 15.1. The van der Waals surface area contributed by atoms with Gasteiger partial charge in [0.2, 0.25) is 0 Å². The molecular formula is C18H16BrNO5. The summed E-state index contributed by atoms with van der Waals surface area (Å²) in [6, 6.07) is 10.8. The molecule has 6 nitrogen and oxygen atoms in total. The van der Waals surface area contributed by atoms with Gasteiger partial charge < -0.3 is 9.47 Å². The predicted octanol–water partition coefficient (Wildman–Crippen LogP) is 4.76. The van der Waals surface area contributed by atoms with Crippen LogP contribution in [0.25, 0.3) is 6.08 Å². The highest BCUT2D eigenvalue weighted by Crippen LogP contribution is 2.25. The van der Waals surface area contributed by atoms with Gasteiger partial charge in [-0.3, -0.25) is 10.1 Å². The number of benzene rings is 2. The van der Waals surface area contributed by atoms with Crippen LogP contribution in [0.5, 0.6) is 11.5 Å². The van der Waals surface area contributed by atoms with E-state index in [0.717, 1.165) is 16.5 Å². The van der Waals surface area contributed by atoms with Gasteiger partial charge in [-0.25, -0.2) is 4.79 Å². The summed E-state index contributed by atoms with van der Waals surface area (Å²) >= 11 is 3.38. The number of esters is 1. The summed E-state index contributed by atoms with van der Waals surface area (Å²) < 4.78 is 11.6. The number of carbonyl (C=O) groups excluding carboxylic acids is 1. The van der Waals surface area contributed by atoms with Crippen molar-refractivity contribution in [2.45, 2.75) is 13.3 Å². The second-order valence-electron chi connectivity index (χ2n) is 5.04. The molecule has 0 aliphatic carbocycles. The lowest BCUT2D eigenvalue weighted by Crippen LogP contribution is -2.04. The minimum absolute atomic E-state index is 0.0674. The smallest absolute Gasteiger partial charge is 0.336 e. The molecule has 2 aromatic carbocycles. The first kappa shape index (κ1) is 18.7. The molecule has 0 aliphatic heterocycles. The Labute approximate surface area is 153 Å². The van der Waals surface area contributed by atoms with Gasteiger partial charge in [-0.05, 0) is 42.8 Å².